The fourth-order valence-corrected chi connectivity index (χ4v) is 3.01. The van der Waals surface area contributed by atoms with E-state index in [1.807, 2.05) is 6.07 Å². The summed E-state index contributed by atoms with van der Waals surface area (Å²) in [4.78, 5) is 2.48. The number of rotatable bonds is 4. The van der Waals surface area contributed by atoms with Gasteiger partial charge in [0.1, 0.15) is 0 Å². The quantitative estimate of drug-likeness (QED) is 0.907. The molecule has 1 saturated heterocycles. The Morgan fingerprint density at radius 1 is 1.47 bits per heavy atom. The second-order valence-corrected chi connectivity index (χ2v) is 6.28. The van der Waals surface area contributed by atoms with Gasteiger partial charge in [0.2, 0.25) is 0 Å². The molecular weight excluding hydrogens is 256 g/mol. The number of hydrogen-bond acceptors (Lipinski definition) is 2. The summed E-state index contributed by atoms with van der Waals surface area (Å²) >= 11 is 6.18. The van der Waals surface area contributed by atoms with Crippen LogP contribution in [0.15, 0.2) is 18.2 Å². The van der Waals surface area contributed by atoms with Crippen LogP contribution >= 0.6 is 11.6 Å². The first-order valence-corrected chi connectivity index (χ1v) is 7.77. The number of halogens is 1. The van der Waals surface area contributed by atoms with E-state index in [0.29, 0.717) is 0 Å². The van der Waals surface area contributed by atoms with Gasteiger partial charge < -0.3 is 10.6 Å². The molecule has 1 aliphatic rings. The zero-order chi connectivity index (χ0) is 13.8. The minimum atomic E-state index is 0.238. The molecule has 1 fully saturated rings. The van der Waals surface area contributed by atoms with E-state index in [9.17, 15) is 0 Å². The molecule has 0 amide bonds. The van der Waals surface area contributed by atoms with Crippen molar-refractivity contribution >= 4 is 17.3 Å². The van der Waals surface area contributed by atoms with Crippen molar-refractivity contribution in [2.75, 3.05) is 18.0 Å². The van der Waals surface area contributed by atoms with Gasteiger partial charge in [-0.15, -0.1) is 0 Å². The Labute approximate surface area is 121 Å². The lowest BCUT2D eigenvalue weighted by atomic mass is 9.97. The SMILES string of the molecule is CCC(N)Cc1ccc(Cl)cc1N1CCCC(C)C1. The van der Waals surface area contributed by atoms with Gasteiger partial charge in [-0.3, -0.25) is 0 Å². The highest BCUT2D eigenvalue weighted by molar-refractivity contribution is 6.30. The molecule has 2 atom stereocenters. The van der Waals surface area contributed by atoms with Gasteiger partial charge in [-0.2, -0.15) is 0 Å². The first-order chi connectivity index (χ1) is 9.10. The largest absolute Gasteiger partial charge is 0.371 e. The van der Waals surface area contributed by atoms with E-state index < -0.39 is 0 Å². The van der Waals surface area contributed by atoms with Crippen molar-refractivity contribution in [1.82, 2.24) is 0 Å². The summed E-state index contributed by atoms with van der Waals surface area (Å²) in [6, 6.07) is 6.47. The average molecular weight is 281 g/mol. The molecule has 3 heteroatoms. The van der Waals surface area contributed by atoms with Crippen molar-refractivity contribution in [2.45, 2.75) is 45.6 Å². The molecular formula is C16H25ClN2. The molecule has 0 bridgehead atoms. The maximum absolute atomic E-state index is 6.18. The molecule has 2 N–H and O–H groups in total. The summed E-state index contributed by atoms with van der Waals surface area (Å²) in [5.41, 5.74) is 8.75. The van der Waals surface area contributed by atoms with Crippen LogP contribution < -0.4 is 10.6 Å². The lowest BCUT2D eigenvalue weighted by Crippen LogP contribution is -2.35. The van der Waals surface area contributed by atoms with Crippen LogP contribution in [0.25, 0.3) is 0 Å². The van der Waals surface area contributed by atoms with E-state index in [4.69, 9.17) is 17.3 Å². The fraction of sp³-hybridized carbons (Fsp3) is 0.625. The van der Waals surface area contributed by atoms with Crippen LogP contribution in [0.3, 0.4) is 0 Å². The summed E-state index contributed by atoms with van der Waals surface area (Å²) < 4.78 is 0. The molecule has 19 heavy (non-hydrogen) atoms. The smallest absolute Gasteiger partial charge is 0.0426 e. The molecule has 2 unspecified atom stereocenters. The van der Waals surface area contributed by atoms with Crippen molar-refractivity contribution in [3.8, 4) is 0 Å². The van der Waals surface area contributed by atoms with Crippen molar-refractivity contribution in [1.29, 1.82) is 0 Å². The van der Waals surface area contributed by atoms with Gasteiger partial charge in [-0.05, 0) is 49.3 Å². The van der Waals surface area contributed by atoms with Crippen LogP contribution in [0, 0.1) is 5.92 Å². The predicted molar refractivity (Wildman–Crippen MR) is 84.0 cm³/mol. The second kappa shape index (κ2) is 6.62. The maximum atomic E-state index is 6.18. The Morgan fingerprint density at radius 3 is 2.95 bits per heavy atom. The topological polar surface area (TPSA) is 29.3 Å². The Kier molecular flexibility index (Phi) is 5.12. The van der Waals surface area contributed by atoms with Crippen LogP contribution in [-0.4, -0.2) is 19.1 Å². The number of hydrogen-bond donors (Lipinski definition) is 1. The highest BCUT2D eigenvalue weighted by Crippen LogP contribution is 2.29. The molecule has 1 heterocycles. The Balaban J connectivity index is 2.23. The number of nitrogens with two attached hydrogens (primary N) is 1. The van der Waals surface area contributed by atoms with E-state index >= 15 is 0 Å². The lowest BCUT2D eigenvalue weighted by Gasteiger charge is -2.34. The van der Waals surface area contributed by atoms with Gasteiger partial charge in [-0.25, -0.2) is 0 Å². The predicted octanol–water partition coefficient (Wildman–Crippen LogP) is 3.86. The maximum Gasteiger partial charge on any atom is 0.0426 e. The van der Waals surface area contributed by atoms with Crippen molar-refractivity contribution in [3.05, 3.63) is 28.8 Å². The average Bonchev–Trinajstić information content (AvgIpc) is 2.40. The third kappa shape index (κ3) is 3.87. The normalized spacial score (nSPS) is 21.5. The van der Waals surface area contributed by atoms with E-state index in [-0.39, 0.29) is 6.04 Å². The summed E-state index contributed by atoms with van der Waals surface area (Å²) in [6.45, 7) is 6.74. The first kappa shape index (κ1) is 14.7. The van der Waals surface area contributed by atoms with Gasteiger partial charge in [0.25, 0.3) is 0 Å². The second-order valence-electron chi connectivity index (χ2n) is 5.84. The Bertz CT molecular complexity index is 419. The van der Waals surface area contributed by atoms with E-state index in [1.54, 1.807) is 0 Å². The standard InChI is InChI=1S/C16H25ClN2/c1-3-15(18)9-13-6-7-14(17)10-16(13)19-8-4-5-12(2)11-19/h6-7,10,12,15H,3-5,8-9,11,18H2,1-2H3. The minimum absolute atomic E-state index is 0.238. The molecule has 1 aromatic rings. The zero-order valence-electron chi connectivity index (χ0n) is 12.0. The highest BCUT2D eigenvalue weighted by Gasteiger charge is 2.19. The van der Waals surface area contributed by atoms with Crippen LogP contribution in [0.1, 0.15) is 38.7 Å². The highest BCUT2D eigenvalue weighted by atomic mass is 35.5. The van der Waals surface area contributed by atoms with E-state index in [2.05, 4.69) is 30.9 Å². The third-order valence-corrected chi connectivity index (χ3v) is 4.29. The third-order valence-electron chi connectivity index (χ3n) is 4.05. The van der Waals surface area contributed by atoms with Crippen molar-refractivity contribution < 1.29 is 0 Å². The number of nitrogens with zero attached hydrogens (tertiary/aromatic N) is 1. The summed E-state index contributed by atoms with van der Waals surface area (Å²) in [6.07, 6.45) is 4.56. The fourth-order valence-electron chi connectivity index (χ4n) is 2.84. The number of piperidine rings is 1. The molecule has 2 rings (SSSR count). The molecule has 0 saturated carbocycles. The minimum Gasteiger partial charge on any atom is -0.371 e. The molecule has 0 spiro atoms. The van der Waals surface area contributed by atoms with Crippen LogP contribution in [-0.2, 0) is 6.42 Å². The summed E-state index contributed by atoms with van der Waals surface area (Å²) in [5.74, 6) is 0.764. The monoisotopic (exact) mass is 280 g/mol. The van der Waals surface area contributed by atoms with Crippen LogP contribution in [0.2, 0.25) is 5.02 Å². The molecule has 0 aromatic heterocycles. The zero-order valence-corrected chi connectivity index (χ0v) is 12.8. The van der Waals surface area contributed by atoms with Gasteiger partial charge in [0.15, 0.2) is 0 Å². The molecule has 2 nitrogen and oxygen atoms in total. The van der Waals surface area contributed by atoms with Gasteiger partial charge in [-0.1, -0.05) is 31.5 Å². The number of anilines is 1. The van der Waals surface area contributed by atoms with Crippen LogP contribution in [0.5, 0.6) is 0 Å². The van der Waals surface area contributed by atoms with E-state index in [1.165, 1.54) is 24.1 Å². The van der Waals surface area contributed by atoms with Crippen molar-refractivity contribution in [2.24, 2.45) is 11.7 Å². The van der Waals surface area contributed by atoms with Gasteiger partial charge in [0, 0.05) is 29.8 Å². The summed E-state index contributed by atoms with van der Waals surface area (Å²) in [7, 11) is 0. The summed E-state index contributed by atoms with van der Waals surface area (Å²) in [5, 5.41) is 0.821. The van der Waals surface area contributed by atoms with Crippen LogP contribution in [0.4, 0.5) is 5.69 Å². The molecule has 0 aliphatic carbocycles. The first-order valence-electron chi connectivity index (χ1n) is 7.39. The Hall–Kier alpha value is -0.730. The van der Waals surface area contributed by atoms with Crippen molar-refractivity contribution in [3.63, 3.8) is 0 Å². The molecule has 1 aromatic carbocycles. The van der Waals surface area contributed by atoms with Gasteiger partial charge >= 0.3 is 0 Å². The molecule has 0 radical (unpaired) electrons. The lowest BCUT2D eigenvalue weighted by molar-refractivity contribution is 0.446. The number of benzene rings is 1. The molecule has 106 valence electrons. The van der Waals surface area contributed by atoms with Gasteiger partial charge in [0.05, 0.1) is 0 Å². The van der Waals surface area contributed by atoms with E-state index in [0.717, 1.165) is 36.9 Å². The molecule has 1 aliphatic heterocycles. The Morgan fingerprint density at radius 2 is 2.26 bits per heavy atom.